The number of ether oxygens (including phenoxy) is 1. The van der Waals surface area contributed by atoms with E-state index >= 15 is 0 Å². The first-order valence-electron chi connectivity index (χ1n) is 9.70. The Balaban J connectivity index is 1.54. The van der Waals surface area contributed by atoms with Gasteiger partial charge in [0.1, 0.15) is 0 Å². The predicted molar refractivity (Wildman–Crippen MR) is 127 cm³/mol. The van der Waals surface area contributed by atoms with Crippen molar-refractivity contribution in [3.8, 4) is 0 Å². The van der Waals surface area contributed by atoms with Crippen LogP contribution in [0.2, 0.25) is 10.0 Å². The first-order chi connectivity index (χ1) is 15.8. The van der Waals surface area contributed by atoms with Gasteiger partial charge >= 0.3 is 5.97 Å². The van der Waals surface area contributed by atoms with Gasteiger partial charge in [-0.2, -0.15) is 5.10 Å². The number of aromatic nitrogens is 2. The van der Waals surface area contributed by atoms with Crippen molar-refractivity contribution >= 4 is 58.4 Å². The minimum absolute atomic E-state index is 0.376. The van der Waals surface area contributed by atoms with Crippen LogP contribution in [0.15, 0.2) is 41.8 Å². The number of hydrogen-bond donors (Lipinski definition) is 2. The molecular weight excluding hydrogens is 487 g/mol. The Bertz CT molecular complexity index is 1190. The third-order valence-corrected chi connectivity index (χ3v) is 6.18. The lowest BCUT2D eigenvalue weighted by molar-refractivity contribution is -0.144. The van der Waals surface area contributed by atoms with Crippen molar-refractivity contribution in [2.45, 2.75) is 20.4 Å². The number of benzene rings is 1. The second kappa shape index (κ2) is 11.1. The molecule has 8 nitrogen and oxygen atoms in total. The molecule has 0 bridgehead atoms. The standard InChI is InChI=1S/C22H20Cl2N4O4S/c1-13-15(14(2)28(27-13)11-16-17(23)5-3-6-18(16)24)8-9-21(30)32-12-20(29)25-26-22(31)19-7-4-10-33-19/h3-10H,11-12H2,1-2H3,(H,25,29)(H,26,31). The van der Waals surface area contributed by atoms with E-state index in [4.69, 9.17) is 27.9 Å². The van der Waals surface area contributed by atoms with E-state index in [1.807, 2.05) is 13.8 Å². The molecule has 2 heterocycles. The zero-order chi connectivity index (χ0) is 24.0. The Morgan fingerprint density at radius 3 is 2.52 bits per heavy atom. The fourth-order valence-corrected chi connectivity index (χ4v) is 4.04. The number of carbonyl (C=O) groups excluding carboxylic acids is 3. The Hall–Kier alpha value is -3.14. The maximum atomic E-state index is 12.0. The smallest absolute Gasteiger partial charge is 0.331 e. The molecule has 0 fully saturated rings. The van der Waals surface area contributed by atoms with Crippen molar-refractivity contribution in [1.29, 1.82) is 0 Å². The first-order valence-corrected chi connectivity index (χ1v) is 11.3. The van der Waals surface area contributed by atoms with E-state index in [2.05, 4.69) is 16.0 Å². The monoisotopic (exact) mass is 506 g/mol. The van der Waals surface area contributed by atoms with Gasteiger partial charge in [-0.15, -0.1) is 11.3 Å². The number of amides is 2. The van der Waals surface area contributed by atoms with Gasteiger partial charge in [-0.05, 0) is 43.5 Å². The topological polar surface area (TPSA) is 102 Å². The van der Waals surface area contributed by atoms with Crippen LogP contribution in [0.3, 0.4) is 0 Å². The summed E-state index contributed by atoms with van der Waals surface area (Å²) in [5.74, 6) is -1.83. The molecular formula is C22H20Cl2N4O4S. The van der Waals surface area contributed by atoms with E-state index < -0.39 is 24.4 Å². The number of halogens is 2. The highest BCUT2D eigenvalue weighted by molar-refractivity contribution is 7.12. The number of nitrogens with one attached hydrogen (secondary N) is 2. The molecule has 2 amide bonds. The van der Waals surface area contributed by atoms with Gasteiger partial charge in [-0.3, -0.25) is 25.1 Å². The van der Waals surface area contributed by atoms with Crippen molar-refractivity contribution < 1.29 is 19.1 Å². The summed E-state index contributed by atoms with van der Waals surface area (Å²) >= 11 is 13.7. The van der Waals surface area contributed by atoms with E-state index in [1.165, 1.54) is 17.4 Å². The number of thiophene rings is 1. The van der Waals surface area contributed by atoms with E-state index in [0.717, 1.165) is 16.8 Å². The number of hydrazine groups is 1. The molecule has 0 aliphatic carbocycles. The lowest BCUT2D eigenvalue weighted by Crippen LogP contribution is -2.43. The molecule has 1 aromatic carbocycles. The quantitative estimate of drug-likeness (QED) is 0.287. The summed E-state index contributed by atoms with van der Waals surface area (Å²) in [5.41, 5.74) is 7.43. The van der Waals surface area contributed by atoms with Crippen LogP contribution in [0, 0.1) is 13.8 Å². The van der Waals surface area contributed by atoms with Crippen LogP contribution < -0.4 is 10.9 Å². The van der Waals surface area contributed by atoms with Crippen LogP contribution in [0.1, 0.15) is 32.2 Å². The van der Waals surface area contributed by atoms with Gasteiger partial charge in [0.15, 0.2) is 6.61 Å². The molecule has 0 aliphatic rings. The molecule has 33 heavy (non-hydrogen) atoms. The van der Waals surface area contributed by atoms with Crippen molar-refractivity contribution in [3.05, 3.63) is 79.2 Å². The summed E-state index contributed by atoms with van der Waals surface area (Å²) in [6.45, 7) is 3.50. The van der Waals surface area contributed by atoms with E-state index in [1.54, 1.807) is 46.5 Å². The van der Waals surface area contributed by atoms with E-state index in [-0.39, 0.29) is 0 Å². The van der Waals surface area contributed by atoms with Gasteiger partial charge in [-0.25, -0.2) is 4.79 Å². The summed E-state index contributed by atoms with van der Waals surface area (Å²) in [5, 5.41) is 7.32. The van der Waals surface area contributed by atoms with Gasteiger partial charge < -0.3 is 4.74 Å². The highest BCUT2D eigenvalue weighted by Gasteiger charge is 2.14. The van der Waals surface area contributed by atoms with Crippen molar-refractivity contribution in [1.82, 2.24) is 20.6 Å². The fourth-order valence-electron chi connectivity index (χ4n) is 2.91. The molecule has 172 valence electrons. The minimum atomic E-state index is -0.713. The van der Waals surface area contributed by atoms with E-state index in [9.17, 15) is 14.4 Å². The van der Waals surface area contributed by atoms with Crippen LogP contribution in [0.4, 0.5) is 0 Å². The third kappa shape index (κ3) is 6.44. The highest BCUT2D eigenvalue weighted by atomic mass is 35.5. The Kier molecular flexibility index (Phi) is 8.26. The zero-order valence-corrected chi connectivity index (χ0v) is 20.1. The lowest BCUT2D eigenvalue weighted by atomic mass is 10.1. The number of hydrogen-bond acceptors (Lipinski definition) is 6. The molecule has 2 aromatic heterocycles. The first kappa shape index (κ1) is 24.5. The summed E-state index contributed by atoms with van der Waals surface area (Å²) in [4.78, 5) is 36.0. The summed E-state index contributed by atoms with van der Waals surface area (Å²) in [7, 11) is 0. The van der Waals surface area contributed by atoms with Gasteiger partial charge in [-0.1, -0.05) is 35.3 Å². The predicted octanol–water partition coefficient (Wildman–Crippen LogP) is 3.93. The second-order valence-electron chi connectivity index (χ2n) is 6.86. The molecule has 11 heteroatoms. The lowest BCUT2D eigenvalue weighted by Gasteiger charge is -2.09. The number of esters is 1. The van der Waals surface area contributed by atoms with E-state index in [0.29, 0.717) is 27.2 Å². The molecule has 2 N–H and O–H groups in total. The third-order valence-electron chi connectivity index (χ3n) is 4.60. The van der Waals surface area contributed by atoms with Gasteiger partial charge in [0.05, 0.1) is 17.1 Å². The molecule has 3 aromatic rings. The van der Waals surface area contributed by atoms with Gasteiger partial charge in [0.2, 0.25) is 0 Å². The maximum absolute atomic E-state index is 12.0. The van der Waals surface area contributed by atoms with Crippen LogP contribution in [0.5, 0.6) is 0 Å². The van der Waals surface area contributed by atoms with Crippen LogP contribution in [-0.2, 0) is 20.9 Å². The van der Waals surface area contributed by atoms with Crippen molar-refractivity contribution in [2.24, 2.45) is 0 Å². The molecule has 0 unspecified atom stereocenters. The minimum Gasteiger partial charge on any atom is -0.452 e. The van der Waals surface area contributed by atoms with Gasteiger partial charge in [0, 0.05) is 32.9 Å². The van der Waals surface area contributed by atoms with Crippen molar-refractivity contribution in [2.75, 3.05) is 6.61 Å². The van der Waals surface area contributed by atoms with Crippen LogP contribution in [0.25, 0.3) is 6.08 Å². The van der Waals surface area contributed by atoms with Crippen LogP contribution >= 0.6 is 34.5 Å². The Labute approximate surface area is 204 Å². The number of carbonyl (C=O) groups is 3. The molecule has 0 aliphatic heterocycles. The Morgan fingerprint density at radius 2 is 1.85 bits per heavy atom. The average Bonchev–Trinajstić information content (AvgIpc) is 3.41. The molecule has 0 radical (unpaired) electrons. The summed E-state index contributed by atoms with van der Waals surface area (Å²) in [6.07, 6.45) is 2.78. The molecule has 0 saturated carbocycles. The highest BCUT2D eigenvalue weighted by Crippen LogP contribution is 2.26. The SMILES string of the molecule is Cc1nn(Cc2c(Cl)cccc2Cl)c(C)c1C=CC(=O)OCC(=O)NNC(=O)c1cccs1. The summed E-state index contributed by atoms with van der Waals surface area (Å²) < 4.78 is 6.66. The normalized spacial score (nSPS) is 10.9. The summed E-state index contributed by atoms with van der Waals surface area (Å²) in [6, 6.07) is 8.62. The van der Waals surface area contributed by atoms with Gasteiger partial charge in [0.25, 0.3) is 11.8 Å². The number of aryl methyl sites for hydroxylation is 1. The fraction of sp³-hybridized carbons (Fsp3) is 0.182. The zero-order valence-electron chi connectivity index (χ0n) is 17.7. The number of rotatable bonds is 7. The largest absolute Gasteiger partial charge is 0.452 e. The molecule has 3 rings (SSSR count). The average molecular weight is 507 g/mol. The molecule has 0 atom stereocenters. The molecule has 0 saturated heterocycles. The Morgan fingerprint density at radius 1 is 1.12 bits per heavy atom. The molecule has 0 spiro atoms. The van der Waals surface area contributed by atoms with Crippen molar-refractivity contribution in [3.63, 3.8) is 0 Å². The maximum Gasteiger partial charge on any atom is 0.331 e. The number of nitrogens with zero attached hydrogens (tertiary/aromatic N) is 2. The second-order valence-corrected chi connectivity index (χ2v) is 8.63. The van der Waals surface area contributed by atoms with Crippen LogP contribution in [-0.4, -0.2) is 34.2 Å².